The Kier molecular flexibility index (Phi) is 55.0. The van der Waals surface area contributed by atoms with E-state index in [0.717, 1.165) is 31.6 Å². The Hall–Kier alpha value is -1.49. The summed E-state index contributed by atoms with van der Waals surface area (Å²) in [6.45, 7) is 11.6. The zero-order valence-corrected chi connectivity index (χ0v) is 50.8. The molecule has 1 aromatic rings. The van der Waals surface area contributed by atoms with Crippen molar-refractivity contribution >= 4 is 27.5 Å². The van der Waals surface area contributed by atoms with Gasteiger partial charge in [-0.3, -0.25) is 4.79 Å². The molecule has 1 aromatic carbocycles. The predicted molar refractivity (Wildman–Crippen MR) is 316 cm³/mol. The number of rotatable bonds is 63. The van der Waals surface area contributed by atoms with E-state index in [0.29, 0.717) is 157 Å². The van der Waals surface area contributed by atoms with Gasteiger partial charge in [0.05, 0.1) is 145 Å². The van der Waals surface area contributed by atoms with Gasteiger partial charge >= 0.3 is 0 Å². The van der Waals surface area contributed by atoms with Crippen molar-refractivity contribution in [1.29, 1.82) is 0 Å². The van der Waals surface area contributed by atoms with Crippen LogP contribution >= 0.6 is 21.6 Å². The van der Waals surface area contributed by atoms with E-state index < -0.39 is 37.3 Å². The fourth-order valence-electron chi connectivity index (χ4n) is 8.21. The van der Waals surface area contributed by atoms with Gasteiger partial charge in [-0.25, -0.2) is 0 Å². The maximum atomic E-state index is 12.3. The van der Waals surface area contributed by atoms with E-state index in [1.54, 1.807) is 24.3 Å². The highest BCUT2D eigenvalue weighted by molar-refractivity contribution is 8.76. The zero-order valence-electron chi connectivity index (χ0n) is 49.2. The van der Waals surface area contributed by atoms with Crippen molar-refractivity contribution in [2.75, 3.05) is 177 Å². The van der Waals surface area contributed by atoms with Gasteiger partial charge in [-0.2, -0.15) is 0 Å². The monoisotopic (exact) mass is 1200 g/mol. The van der Waals surface area contributed by atoms with Crippen LogP contribution in [0.3, 0.4) is 0 Å². The molecular formula is C59H109NO19S2. The lowest BCUT2D eigenvalue weighted by Gasteiger charge is -2.39. The van der Waals surface area contributed by atoms with Crippen LogP contribution in [0.15, 0.2) is 24.3 Å². The maximum absolute atomic E-state index is 12.3. The molecule has 5 atom stereocenters. The predicted octanol–water partition coefficient (Wildman–Crippen LogP) is 6.49. The molecule has 476 valence electrons. The number of nitrogens with one attached hydrogen (secondary N) is 1. The maximum Gasteiger partial charge on any atom is 0.229 e. The molecule has 1 aliphatic heterocycles. The third-order valence-electron chi connectivity index (χ3n) is 12.9. The molecule has 0 radical (unpaired) electrons. The first kappa shape index (κ1) is 75.6. The molecule has 0 bridgehead atoms. The minimum atomic E-state index is -1.52. The smallest absolute Gasteiger partial charge is 0.229 e. The molecule has 6 N–H and O–H groups in total. The summed E-state index contributed by atoms with van der Waals surface area (Å²) < 4.78 is 71.7. The molecule has 2 rings (SSSR count). The third kappa shape index (κ3) is 47.4. The average Bonchev–Trinajstić information content (AvgIpc) is 3.64. The first-order valence-corrected chi connectivity index (χ1v) is 33.0. The number of aliphatic hydroxyl groups is 5. The Morgan fingerprint density at radius 3 is 1.15 bits per heavy atom. The molecule has 0 aliphatic carbocycles. The summed E-state index contributed by atoms with van der Waals surface area (Å²) in [5, 5.41) is 50.8. The summed E-state index contributed by atoms with van der Waals surface area (Å²) in [4.78, 5) is 12.3. The fourth-order valence-corrected chi connectivity index (χ4v) is 10.5. The highest BCUT2D eigenvalue weighted by atomic mass is 33.1. The van der Waals surface area contributed by atoms with Crippen LogP contribution in [-0.2, 0) is 68.1 Å². The Bertz CT molecular complexity index is 1470. The molecule has 81 heavy (non-hydrogen) atoms. The van der Waals surface area contributed by atoms with E-state index in [-0.39, 0.29) is 12.5 Å². The van der Waals surface area contributed by atoms with E-state index in [4.69, 9.17) is 66.7 Å². The molecule has 0 aromatic heterocycles. The molecule has 0 saturated carbocycles. The van der Waals surface area contributed by atoms with E-state index in [1.165, 1.54) is 114 Å². The number of unbranched alkanes of at least 4 members (excludes halogenated alkanes) is 16. The van der Waals surface area contributed by atoms with Crippen LogP contribution in [0.5, 0.6) is 5.75 Å². The minimum absolute atomic E-state index is 0.0365. The van der Waals surface area contributed by atoms with Crippen molar-refractivity contribution in [3.8, 4) is 5.75 Å². The van der Waals surface area contributed by atoms with Gasteiger partial charge in [-0.15, -0.1) is 0 Å². The van der Waals surface area contributed by atoms with E-state index in [9.17, 15) is 25.2 Å². The van der Waals surface area contributed by atoms with E-state index in [2.05, 4.69) is 26.9 Å². The number of carbonyl (C=O) groups excluding carboxylic acids is 1. The van der Waals surface area contributed by atoms with Crippen LogP contribution in [0.1, 0.15) is 128 Å². The molecule has 0 spiro atoms. The van der Waals surface area contributed by atoms with Crippen molar-refractivity contribution < 1.29 is 91.9 Å². The van der Waals surface area contributed by atoms with Crippen LogP contribution in [0.2, 0.25) is 0 Å². The summed E-state index contributed by atoms with van der Waals surface area (Å²) in [6.07, 6.45) is 17.6. The van der Waals surface area contributed by atoms with Crippen molar-refractivity contribution in [3.05, 3.63) is 29.8 Å². The van der Waals surface area contributed by atoms with Gasteiger partial charge in [0.25, 0.3) is 0 Å². The number of benzene rings is 1. The number of carbonyl (C=O) groups is 1. The molecule has 1 heterocycles. The normalized spacial score (nSPS) is 17.3. The second-order valence-corrected chi connectivity index (χ2v) is 22.5. The van der Waals surface area contributed by atoms with Gasteiger partial charge in [-0.05, 0) is 49.8 Å². The molecule has 22 heteroatoms. The standard InChI is InChI=1S/C59H109NO19S2/c61-26-30-70-34-38-74-42-46-75-43-39-71-35-31-67-27-15-11-7-3-1-5-9-13-17-49-80-81-50-18-14-10-6-2-4-8-12-16-28-68-32-36-72-40-44-76-47-48-77-45-41-73-37-33-69-29-25-60-55(63)24-21-52-19-22-53(23-20-52)78-59-58(66)57(65)56(64)54(51-62)79-59/h19-20,22-23,54,56-59,61-62,64-66H,1-18,21,24-51H2,(H,60,63)/t54-,56+,57+,58-,59-/m1/s1. The molecule has 20 nitrogen and oxygen atoms in total. The number of hydrogen-bond acceptors (Lipinski definition) is 21. The van der Waals surface area contributed by atoms with Gasteiger partial charge in [-0.1, -0.05) is 124 Å². The largest absolute Gasteiger partial charge is 0.462 e. The van der Waals surface area contributed by atoms with Crippen molar-refractivity contribution in [2.24, 2.45) is 0 Å². The summed E-state index contributed by atoms with van der Waals surface area (Å²) in [5.41, 5.74) is 0.902. The Balaban J connectivity index is 1.15. The summed E-state index contributed by atoms with van der Waals surface area (Å²) >= 11 is 0. The fraction of sp³-hybridized carbons (Fsp3) is 0.881. The van der Waals surface area contributed by atoms with Crippen LogP contribution in [-0.4, -0.2) is 239 Å². The number of aryl methyl sites for hydroxylation is 1. The number of amides is 1. The highest BCUT2D eigenvalue weighted by Crippen LogP contribution is 2.26. The van der Waals surface area contributed by atoms with Gasteiger partial charge in [0, 0.05) is 37.7 Å². The minimum Gasteiger partial charge on any atom is -0.462 e. The SMILES string of the molecule is O=C(CCc1ccc(O[C@@H]2O[C@H](CO)[C@H](O)[C@H](O)[C@H]2O)cc1)NCCOCCOCCOCCOCCOCCOCCCCCCCCCCCSSCCCCCCCCCCCOCCOCCOCCOCCOCCO. The first-order valence-electron chi connectivity index (χ1n) is 30.5. The lowest BCUT2D eigenvalue weighted by Crippen LogP contribution is -2.60. The van der Waals surface area contributed by atoms with E-state index in [1.807, 2.05) is 0 Å². The molecule has 1 fully saturated rings. The summed E-state index contributed by atoms with van der Waals surface area (Å²) in [5.74, 6) is 2.84. The van der Waals surface area contributed by atoms with Gasteiger partial charge in [0.1, 0.15) is 30.2 Å². The molecule has 1 amide bonds. The van der Waals surface area contributed by atoms with Crippen molar-refractivity contribution in [2.45, 2.75) is 159 Å². The lowest BCUT2D eigenvalue weighted by atomic mass is 9.99. The third-order valence-corrected chi connectivity index (χ3v) is 15.5. The topological polar surface area (TPSA) is 250 Å². The number of ether oxygens (including phenoxy) is 13. The quantitative estimate of drug-likeness (QED) is 0.0301. The Morgan fingerprint density at radius 1 is 0.420 bits per heavy atom. The molecule has 1 aliphatic rings. The lowest BCUT2D eigenvalue weighted by molar-refractivity contribution is -0.277. The van der Waals surface area contributed by atoms with Crippen LogP contribution < -0.4 is 10.1 Å². The van der Waals surface area contributed by atoms with Gasteiger partial charge in [0.2, 0.25) is 12.2 Å². The zero-order chi connectivity index (χ0) is 58.0. The van der Waals surface area contributed by atoms with Crippen molar-refractivity contribution in [3.63, 3.8) is 0 Å². The van der Waals surface area contributed by atoms with Crippen molar-refractivity contribution in [1.82, 2.24) is 5.32 Å². The highest BCUT2D eigenvalue weighted by Gasteiger charge is 2.44. The second kappa shape index (κ2) is 58.9. The molecule has 0 unspecified atom stereocenters. The summed E-state index contributed by atoms with van der Waals surface area (Å²) in [7, 11) is 4.15. The Morgan fingerprint density at radius 2 is 0.765 bits per heavy atom. The summed E-state index contributed by atoms with van der Waals surface area (Å²) in [6, 6.07) is 6.87. The van der Waals surface area contributed by atoms with Crippen LogP contribution in [0.4, 0.5) is 0 Å². The second-order valence-electron chi connectivity index (χ2n) is 19.8. The first-order chi connectivity index (χ1) is 40.0. The average molecular weight is 1200 g/mol. The van der Waals surface area contributed by atoms with E-state index >= 15 is 0 Å². The number of hydrogen-bond donors (Lipinski definition) is 6. The molecular weight excluding hydrogens is 1090 g/mol. The van der Waals surface area contributed by atoms with Crippen LogP contribution in [0, 0.1) is 0 Å². The van der Waals surface area contributed by atoms with Gasteiger partial charge in [0.15, 0.2) is 0 Å². The van der Waals surface area contributed by atoms with Crippen LogP contribution in [0.25, 0.3) is 0 Å². The number of aliphatic hydroxyl groups excluding tert-OH is 5. The Labute approximate surface area is 494 Å². The van der Waals surface area contributed by atoms with Gasteiger partial charge < -0.3 is 92.4 Å². The molecule has 1 saturated heterocycles.